The highest BCUT2D eigenvalue weighted by molar-refractivity contribution is 4.69. The summed E-state index contributed by atoms with van der Waals surface area (Å²) >= 11 is 0. The van der Waals surface area contributed by atoms with Crippen molar-refractivity contribution in [3.8, 4) is 0 Å². The van der Waals surface area contributed by atoms with Crippen LogP contribution in [0.2, 0.25) is 0 Å². The molecule has 2 aromatic heterocycles. The molecule has 2 rings (SSSR count). The maximum atomic E-state index is 10.2. The standard InChI is InChI=1S/C3H3N3O3.C3H3N3.H3N/c7-1-4-2(8)6-3(9)5-1;1-2-4-6-5-3-1;/h(H3,4,5,6,7,8,9);1-3H;1H3. The van der Waals surface area contributed by atoms with E-state index in [9.17, 15) is 14.4 Å². The molecular weight excluding hydrogens is 218 g/mol. The third kappa shape index (κ3) is 5.18. The van der Waals surface area contributed by atoms with Gasteiger partial charge in [-0.1, -0.05) is 0 Å². The summed E-state index contributed by atoms with van der Waals surface area (Å²) in [5.74, 6) is 0. The second-order valence-corrected chi connectivity index (χ2v) is 2.17. The molecular formula is C6H9N7O3. The van der Waals surface area contributed by atoms with Gasteiger partial charge in [0.15, 0.2) is 0 Å². The molecule has 0 atom stereocenters. The SMILES string of the molecule is N.O=c1[nH]c(=O)[nH]c(=O)[nH]1.c1cnnnc1. The maximum absolute atomic E-state index is 10.2. The topological polar surface area (TPSA) is 172 Å². The summed E-state index contributed by atoms with van der Waals surface area (Å²) < 4.78 is 0. The predicted molar refractivity (Wildman–Crippen MR) is 53.2 cm³/mol. The van der Waals surface area contributed by atoms with Gasteiger partial charge in [-0.15, -0.1) is 10.2 Å². The Morgan fingerprint density at radius 3 is 1.38 bits per heavy atom. The molecule has 0 aliphatic heterocycles. The Kier molecular flexibility index (Phi) is 5.67. The van der Waals surface area contributed by atoms with Gasteiger partial charge in [-0.05, 0) is 11.3 Å². The summed E-state index contributed by atoms with van der Waals surface area (Å²) in [5.41, 5.74) is -2.41. The van der Waals surface area contributed by atoms with E-state index in [0.717, 1.165) is 0 Å². The van der Waals surface area contributed by atoms with Crippen molar-refractivity contribution in [3.63, 3.8) is 0 Å². The van der Waals surface area contributed by atoms with Gasteiger partial charge in [0.05, 0.1) is 12.4 Å². The zero-order chi connectivity index (χ0) is 11.1. The minimum Gasteiger partial charge on any atom is -0.344 e. The lowest BCUT2D eigenvalue weighted by Crippen LogP contribution is -2.34. The maximum Gasteiger partial charge on any atom is 0.330 e. The molecule has 0 radical (unpaired) electrons. The Balaban J connectivity index is 0.000000283. The minimum absolute atomic E-state index is 0. The molecule has 0 aliphatic carbocycles. The Hall–Kier alpha value is -2.62. The van der Waals surface area contributed by atoms with Crippen LogP contribution < -0.4 is 23.2 Å². The molecule has 0 amide bonds. The fourth-order valence-electron chi connectivity index (χ4n) is 0.608. The van der Waals surface area contributed by atoms with Crippen LogP contribution in [-0.4, -0.2) is 30.4 Å². The first kappa shape index (κ1) is 13.4. The van der Waals surface area contributed by atoms with E-state index in [1.165, 1.54) is 0 Å². The van der Waals surface area contributed by atoms with Gasteiger partial charge in [-0.2, -0.15) is 0 Å². The number of nitrogens with one attached hydrogen (secondary N) is 3. The van der Waals surface area contributed by atoms with Crippen LogP contribution in [0.25, 0.3) is 0 Å². The van der Waals surface area contributed by atoms with Gasteiger partial charge >= 0.3 is 17.1 Å². The Bertz CT molecular complexity index is 451. The lowest BCUT2D eigenvalue weighted by Gasteiger charge is -1.77. The van der Waals surface area contributed by atoms with E-state index < -0.39 is 17.1 Å². The number of rotatable bonds is 0. The third-order valence-corrected chi connectivity index (χ3v) is 1.09. The van der Waals surface area contributed by atoms with Gasteiger partial charge < -0.3 is 6.15 Å². The fourth-order valence-corrected chi connectivity index (χ4v) is 0.608. The van der Waals surface area contributed by atoms with Crippen LogP contribution in [0.1, 0.15) is 0 Å². The van der Waals surface area contributed by atoms with Crippen molar-refractivity contribution in [1.82, 2.24) is 36.5 Å². The average Bonchev–Trinajstić information content (AvgIpc) is 2.19. The van der Waals surface area contributed by atoms with Gasteiger partial charge in [-0.3, -0.25) is 15.0 Å². The summed E-state index contributed by atoms with van der Waals surface area (Å²) in [4.78, 5) is 35.9. The first-order valence-electron chi connectivity index (χ1n) is 3.70. The molecule has 2 heterocycles. The molecule has 0 unspecified atom stereocenters. The fraction of sp³-hybridized carbons (Fsp3) is 0. The number of H-pyrrole nitrogens is 3. The van der Waals surface area contributed by atoms with Crippen molar-refractivity contribution < 1.29 is 0 Å². The van der Waals surface area contributed by atoms with E-state index in [1.54, 1.807) is 33.4 Å². The molecule has 0 spiro atoms. The molecule has 0 fully saturated rings. The van der Waals surface area contributed by atoms with Crippen molar-refractivity contribution in [3.05, 3.63) is 49.9 Å². The Morgan fingerprint density at radius 2 is 1.19 bits per heavy atom. The molecule has 0 aliphatic rings. The van der Waals surface area contributed by atoms with Crippen molar-refractivity contribution in [2.45, 2.75) is 0 Å². The Labute approximate surface area is 87.4 Å². The molecule has 0 saturated heterocycles. The molecule has 0 bridgehead atoms. The van der Waals surface area contributed by atoms with Gasteiger partial charge in [0.2, 0.25) is 0 Å². The van der Waals surface area contributed by atoms with Crippen molar-refractivity contribution >= 4 is 0 Å². The van der Waals surface area contributed by atoms with Crippen molar-refractivity contribution in [2.75, 3.05) is 0 Å². The third-order valence-electron chi connectivity index (χ3n) is 1.09. The zero-order valence-electron chi connectivity index (χ0n) is 8.01. The van der Waals surface area contributed by atoms with Crippen molar-refractivity contribution in [1.29, 1.82) is 0 Å². The smallest absolute Gasteiger partial charge is 0.330 e. The van der Waals surface area contributed by atoms with E-state index in [4.69, 9.17) is 0 Å². The lowest BCUT2D eigenvalue weighted by molar-refractivity contribution is 0.865. The van der Waals surface area contributed by atoms with Gasteiger partial charge in [-0.25, -0.2) is 14.4 Å². The molecule has 10 nitrogen and oxygen atoms in total. The average molecular weight is 227 g/mol. The monoisotopic (exact) mass is 227 g/mol. The molecule has 0 saturated carbocycles. The first-order valence-corrected chi connectivity index (χ1v) is 3.70. The summed E-state index contributed by atoms with van der Waals surface area (Å²) in [6.07, 6.45) is 3.15. The van der Waals surface area contributed by atoms with Crippen LogP contribution in [0, 0.1) is 0 Å². The summed E-state index contributed by atoms with van der Waals surface area (Å²) in [7, 11) is 0. The molecule has 16 heavy (non-hydrogen) atoms. The zero-order valence-corrected chi connectivity index (χ0v) is 8.01. The molecule has 0 aromatic carbocycles. The minimum atomic E-state index is -0.802. The second kappa shape index (κ2) is 6.78. The summed E-state index contributed by atoms with van der Waals surface area (Å²) in [6.45, 7) is 0. The highest BCUT2D eigenvalue weighted by atomic mass is 16.2. The predicted octanol–water partition coefficient (Wildman–Crippen LogP) is -2.21. The number of aromatic amines is 3. The summed E-state index contributed by atoms with van der Waals surface area (Å²) in [6, 6.07) is 1.72. The second-order valence-electron chi connectivity index (χ2n) is 2.17. The Morgan fingerprint density at radius 1 is 0.812 bits per heavy atom. The van der Waals surface area contributed by atoms with E-state index in [2.05, 4.69) is 15.4 Å². The van der Waals surface area contributed by atoms with Crippen LogP contribution in [0.4, 0.5) is 0 Å². The molecule has 10 heteroatoms. The number of aromatic nitrogens is 6. The lowest BCUT2D eigenvalue weighted by atomic mass is 10.7. The first-order chi connectivity index (χ1) is 7.18. The molecule has 2 aromatic rings. The quantitative estimate of drug-likeness (QED) is 0.394. The van der Waals surface area contributed by atoms with Crippen LogP contribution in [-0.2, 0) is 0 Å². The van der Waals surface area contributed by atoms with E-state index in [-0.39, 0.29) is 6.15 Å². The highest BCUT2D eigenvalue weighted by Gasteiger charge is 1.85. The largest absolute Gasteiger partial charge is 0.344 e. The number of nitrogens with zero attached hydrogens (tertiary/aromatic N) is 3. The van der Waals surface area contributed by atoms with Gasteiger partial charge in [0.1, 0.15) is 0 Å². The number of hydrogen-bond donors (Lipinski definition) is 4. The highest BCUT2D eigenvalue weighted by Crippen LogP contribution is 1.61. The van der Waals surface area contributed by atoms with Crippen LogP contribution in [0.5, 0.6) is 0 Å². The van der Waals surface area contributed by atoms with E-state index >= 15 is 0 Å². The van der Waals surface area contributed by atoms with E-state index in [0.29, 0.717) is 0 Å². The normalized spacial score (nSPS) is 8.25. The van der Waals surface area contributed by atoms with Crippen LogP contribution in [0.3, 0.4) is 0 Å². The molecule has 6 N–H and O–H groups in total. The summed E-state index contributed by atoms with van der Waals surface area (Å²) in [5, 5.41) is 10.1. The van der Waals surface area contributed by atoms with Crippen LogP contribution >= 0.6 is 0 Å². The van der Waals surface area contributed by atoms with Crippen LogP contribution in [0.15, 0.2) is 32.8 Å². The van der Waals surface area contributed by atoms with E-state index in [1.807, 2.05) is 0 Å². The molecule has 86 valence electrons. The van der Waals surface area contributed by atoms with Gasteiger partial charge in [0, 0.05) is 0 Å². The number of hydrogen-bond acceptors (Lipinski definition) is 7. The van der Waals surface area contributed by atoms with Crippen molar-refractivity contribution in [2.24, 2.45) is 0 Å². The van der Waals surface area contributed by atoms with Gasteiger partial charge in [0.25, 0.3) is 0 Å².